The smallest absolute Gasteiger partial charge is 0.193 e. The molecule has 3 aromatic carbocycles. The average Bonchev–Trinajstić information content (AvgIpc) is 2.58. The van der Waals surface area contributed by atoms with E-state index in [1.807, 2.05) is 54.6 Å². The molecule has 3 rings (SSSR count). The molecule has 0 saturated heterocycles. The van der Waals surface area contributed by atoms with Crippen LogP contribution in [0.1, 0.15) is 21.5 Å². The summed E-state index contributed by atoms with van der Waals surface area (Å²) in [4.78, 5) is 12.7. The zero-order valence-corrected chi connectivity index (χ0v) is 12.3. The highest BCUT2D eigenvalue weighted by molar-refractivity contribution is 6.10. The van der Waals surface area contributed by atoms with Gasteiger partial charge < -0.3 is 5.11 Å². The summed E-state index contributed by atoms with van der Waals surface area (Å²) in [5.74, 6) is 0.0619. The molecule has 2 nitrogen and oxygen atoms in total. The second kappa shape index (κ2) is 5.86. The van der Waals surface area contributed by atoms with Crippen molar-refractivity contribution >= 4 is 5.78 Å². The molecule has 0 bridgehead atoms. The maximum absolute atomic E-state index is 12.7. The van der Waals surface area contributed by atoms with Crippen LogP contribution < -0.4 is 0 Å². The van der Waals surface area contributed by atoms with Crippen molar-refractivity contribution in [2.45, 2.75) is 6.92 Å². The molecule has 0 aliphatic heterocycles. The van der Waals surface area contributed by atoms with E-state index in [1.165, 1.54) is 0 Å². The number of aromatic hydroxyl groups is 1. The minimum atomic E-state index is -0.0776. The first-order valence-electron chi connectivity index (χ1n) is 7.15. The highest BCUT2D eigenvalue weighted by atomic mass is 16.3. The first-order chi connectivity index (χ1) is 10.7. The Bertz CT molecular complexity index is 806. The summed E-state index contributed by atoms with van der Waals surface area (Å²) in [6, 6.07) is 22.4. The van der Waals surface area contributed by atoms with Gasteiger partial charge in [0.15, 0.2) is 5.78 Å². The first kappa shape index (κ1) is 14.1. The lowest BCUT2D eigenvalue weighted by molar-refractivity contribution is 0.103. The quantitative estimate of drug-likeness (QED) is 0.715. The van der Waals surface area contributed by atoms with Crippen LogP contribution in [-0.4, -0.2) is 10.9 Å². The Balaban J connectivity index is 2.12. The Kier molecular flexibility index (Phi) is 3.75. The van der Waals surface area contributed by atoms with E-state index in [0.717, 1.165) is 11.1 Å². The molecule has 3 aromatic rings. The molecule has 0 aromatic heterocycles. The van der Waals surface area contributed by atoms with Crippen LogP contribution in [0, 0.1) is 6.92 Å². The third-order valence-corrected chi connectivity index (χ3v) is 3.77. The second-order valence-corrected chi connectivity index (χ2v) is 5.23. The molecule has 0 radical (unpaired) electrons. The molecule has 1 N–H and O–H groups in total. The normalized spacial score (nSPS) is 10.4. The third kappa shape index (κ3) is 2.63. The van der Waals surface area contributed by atoms with Gasteiger partial charge in [-0.25, -0.2) is 0 Å². The van der Waals surface area contributed by atoms with Gasteiger partial charge in [-0.15, -0.1) is 0 Å². The summed E-state index contributed by atoms with van der Waals surface area (Å²) < 4.78 is 0. The van der Waals surface area contributed by atoms with E-state index in [4.69, 9.17) is 0 Å². The molecular formula is C20H16O2. The molecule has 0 aliphatic carbocycles. The minimum absolute atomic E-state index is 0.0776. The molecule has 0 heterocycles. The minimum Gasteiger partial charge on any atom is -0.508 e. The SMILES string of the molecule is Cc1c(O)cc(-c2ccccc2)cc1C(=O)c1ccccc1. The number of carbonyl (C=O) groups is 1. The van der Waals surface area contributed by atoms with E-state index in [1.54, 1.807) is 25.1 Å². The fraction of sp³-hybridized carbons (Fsp3) is 0.0500. The van der Waals surface area contributed by atoms with Crippen molar-refractivity contribution in [1.29, 1.82) is 0 Å². The van der Waals surface area contributed by atoms with Gasteiger partial charge in [0.1, 0.15) is 5.75 Å². The number of hydrogen-bond donors (Lipinski definition) is 1. The molecular weight excluding hydrogens is 272 g/mol. The van der Waals surface area contributed by atoms with E-state index >= 15 is 0 Å². The highest BCUT2D eigenvalue weighted by Gasteiger charge is 2.15. The van der Waals surface area contributed by atoms with Crippen molar-refractivity contribution in [2.75, 3.05) is 0 Å². The number of phenols is 1. The predicted octanol–water partition coefficient (Wildman–Crippen LogP) is 4.60. The van der Waals surface area contributed by atoms with Crippen molar-refractivity contribution in [3.05, 3.63) is 89.5 Å². The monoisotopic (exact) mass is 288 g/mol. The zero-order valence-electron chi connectivity index (χ0n) is 12.3. The van der Waals surface area contributed by atoms with E-state index in [0.29, 0.717) is 16.7 Å². The highest BCUT2D eigenvalue weighted by Crippen LogP contribution is 2.30. The van der Waals surface area contributed by atoms with Crippen LogP contribution in [0.25, 0.3) is 11.1 Å². The number of rotatable bonds is 3. The van der Waals surface area contributed by atoms with E-state index < -0.39 is 0 Å². The number of ketones is 1. The van der Waals surface area contributed by atoms with Gasteiger partial charge in [0.2, 0.25) is 0 Å². The van der Waals surface area contributed by atoms with Gasteiger partial charge in [-0.1, -0.05) is 60.7 Å². The summed E-state index contributed by atoms with van der Waals surface area (Å²) in [7, 11) is 0. The van der Waals surface area contributed by atoms with Crippen LogP contribution in [0.4, 0.5) is 0 Å². The Morgan fingerprint density at radius 3 is 2.05 bits per heavy atom. The molecule has 0 aliphatic rings. The number of carbonyl (C=O) groups excluding carboxylic acids is 1. The third-order valence-electron chi connectivity index (χ3n) is 3.77. The number of hydrogen-bond acceptors (Lipinski definition) is 2. The lowest BCUT2D eigenvalue weighted by Gasteiger charge is -2.11. The standard InChI is InChI=1S/C20H16O2/c1-14-18(20(22)16-10-6-3-7-11-16)12-17(13-19(14)21)15-8-4-2-5-9-15/h2-13,21H,1H3. The largest absolute Gasteiger partial charge is 0.508 e. The fourth-order valence-electron chi connectivity index (χ4n) is 2.48. The van der Waals surface area contributed by atoms with E-state index in [9.17, 15) is 9.90 Å². The molecule has 0 unspecified atom stereocenters. The van der Waals surface area contributed by atoms with E-state index in [2.05, 4.69) is 0 Å². The van der Waals surface area contributed by atoms with Gasteiger partial charge >= 0.3 is 0 Å². The van der Waals surface area contributed by atoms with Crippen molar-refractivity contribution in [2.24, 2.45) is 0 Å². The van der Waals surface area contributed by atoms with Gasteiger partial charge in [0.25, 0.3) is 0 Å². The second-order valence-electron chi connectivity index (χ2n) is 5.23. The van der Waals surface area contributed by atoms with Crippen molar-refractivity contribution in [3.63, 3.8) is 0 Å². The van der Waals surface area contributed by atoms with Gasteiger partial charge in [-0.05, 0) is 30.2 Å². The van der Waals surface area contributed by atoms with Crippen molar-refractivity contribution in [3.8, 4) is 16.9 Å². The molecule has 0 fully saturated rings. The summed E-state index contributed by atoms with van der Waals surface area (Å²) in [5, 5.41) is 10.2. The number of benzene rings is 3. The van der Waals surface area contributed by atoms with Crippen LogP contribution in [0.3, 0.4) is 0 Å². The summed E-state index contributed by atoms with van der Waals surface area (Å²) in [6.07, 6.45) is 0. The topological polar surface area (TPSA) is 37.3 Å². The summed E-state index contributed by atoms with van der Waals surface area (Å²) in [5.41, 5.74) is 3.57. The molecule has 0 saturated carbocycles. The maximum Gasteiger partial charge on any atom is 0.193 e. The van der Waals surface area contributed by atoms with Gasteiger partial charge in [0, 0.05) is 16.7 Å². The molecule has 0 spiro atoms. The predicted molar refractivity (Wildman–Crippen MR) is 88.2 cm³/mol. The van der Waals surface area contributed by atoms with Crippen LogP contribution in [0.2, 0.25) is 0 Å². The number of phenolic OH excluding ortho intramolecular Hbond substituents is 1. The Morgan fingerprint density at radius 2 is 1.41 bits per heavy atom. The van der Waals surface area contributed by atoms with Gasteiger partial charge in [0.05, 0.1) is 0 Å². The molecule has 22 heavy (non-hydrogen) atoms. The van der Waals surface area contributed by atoms with Crippen molar-refractivity contribution in [1.82, 2.24) is 0 Å². The Hall–Kier alpha value is -2.87. The summed E-state index contributed by atoms with van der Waals surface area (Å²) >= 11 is 0. The fourth-order valence-corrected chi connectivity index (χ4v) is 2.48. The molecule has 0 amide bonds. The molecule has 108 valence electrons. The maximum atomic E-state index is 12.7. The van der Waals surface area contributed by atoms with Crippen LogP contribution in [-0.2, 0) is 0 Å². The lowest BCUT2D eigenvalue weighted by atomic mass is 9.94. The van der Waals surface area contributed by atoms with Crippen molar-refractivity contribution < 1.29 is 9.90 Å². The van der Waals surface area contributed by atoms with Gasteiger partial charge in [-0.3, -0.25) is 4.79 Å². The first-order valence-corrected chi connectivity index (χ1v) is 7.15. The van der Waals surface area contributed by atoms with Crippen LogP contribution in [0.5, 0.6) is 5.75 Å². The Morgan fingerprint density at radius 1 is 0.818 bits per heavy atom. The Labute approximate surface area is 129 Å². The van der Waals surface area contributed by atoms with Crippen LogP contribution in [0.15, 0.2) is 72.8 Å². The van der Waals surface area contributed by atoms with Gasteiger partial charge in [-0.2, -0.15) is 0 Å². The lowest BCUT2D eigenvalue weighted by Crippen LogP contribution is -2.04. The summed E-state index contributed by atoms with van der Waals surface area (Å²) in [6.45, 7) is 1.76. The zero-order chi connectivity index (χ0) is 15.5. The molecule has 2 heteroatoms. The van der Waals surface area contributed by atoms with Crippen LogP contribution >= 0.6 is 0 Å². The average molecular weight is 288 g/mol. The van der Waals surface area contributed by atoms with E-state index in [-0.39, 0.29) is 11.5 Å². The molecule has 0 atom stereocenters.